The fraction of sp³-hybridized carbons (Fsp3) is 0.130. The maximum Gasteiger partial charge on any atom is 0.416 e. The molecule has 10 nitrogen and oxygen atoms in total. The highest BCUT2D eigenvalue weighted by Gasteiger charge is 2.18. The molecule has 0 aliphatic heterocycles. The predicted octanol–water partition coefficient (Wildman–Crippen LogP) is 4.12. The molecule has 2 N–H and O–H groups in total. The SMILES string of the molecule is COc1cc(-c2cnn(C)c2)ccc1Nc1cc2c(cn1)cc(-c1cnn(C)c1)n2C(=O)O. The van der Waals surface area contributed by atoms with Gasteiger partial charge in [0.1, 0.15) is 11.6 Å². The summed E-state index contributed by atoms with van der Waals surface area (Å²) in [6, 6.07) is 9.27. The first kappa shape index (κ1) is 20.3. The molecule has 4 heterocycles. The largest absolute Gasteiger partial charge is 0.495 e. The monoisotopic (exact) mass is 443 g/mol. The highest BCUT2D eigenvalue weighted by molar-refractivity contribution is 5.96. The van der Waals surface area contributed by atoms with Crippen LogP contribution in [0.5, 0.6) is 5.75 Å². The lowest BCUT2D eigenvalue weighted by Gasteiger charge is -2.12. The van der Waals surface area contributed by atoms with Gasteiger partial charge in [-0.15, -0.1) is 0 Å². The Kier molecular flexibility index (Phi) is 4.82. The van der Waals surface area contributed by atoms with Gasteiger partial charge in [-0.3, -0.25) is 9.36 Å². The van der Waals surface area contributed by atoms with E-state index < -0.39 is 6.09 Å². The number of aromatic nitrogens is 6. The number of hydrogen-bond acceptors (Lipinski definition) is 6. The maximum absolute atomic E-state index is 12.1. The van der Waals surface area contributed by atoms with Crippen LogP contribution in [0.15, 0.2) is 61.3 Å². The predicted molar refractivity (Wildman–Crippen MR) is 124 cm³/mol. The zero-order valence-corrected chi connectivity index (χ0v) is 18.2. The Labute approximate surface area is 188 Å². The van der Waals surface area contributed by atoms with Gasteiger partial charge in [0.15, 0.2) is 0 Å². The van der Waals surface area contributed by atoms with Crippen molar-refractivity contribution in [2.45, 2.75) is 0 Å². The first-order valence-corrected chi connectivity index (χ1v) is 10.1. The molecule has 4 aromatic heterocycles. The van der Waals surface area contributed by atoms with Gasteiger partial charge in [0.05, 0.1) is 36.4 Å². The number of hydrogen-bond donors (Lipinski definition) is 2. The summed E-state index contributed by atoms with van der Waals surface area (Å²) in [5.74, 6) is 1.12. The van der Waals surface area contributed by atoms with Crippen molar-refractivity contribution in [2.75, 3.05) is 12.4 Å². The fourth-order valence-corrected chi connectivity index (χ4v) is 3.82. The van der Waals surface area contributed by atoms with Crippen molar-refractivity contribution in [3.05, 3.63) is 61.3 Å². The lowest BCUT2D eigenvalue weighted by Crippen LogP contribution is -2.09. The number of rotatable bonds is 5. The smallest absolute Gasteiger partial charge is 0.416 e. The van der Waals surface area contributed by atoms with E-state index in [-0.39, 0.29) is 0 Å². The molecule has 5 rings (SSSR count). The van der Waals surface area contributed by atoms with Crippen molar-refractivity contribution in [1.29, 1.82) is 0 Å². The third kappa shape index (κ3) is 3.67. The number of benzene rings is 1. The van der Waals surface area contributed by atoms with E-state index in [9.17, 15) is 9.90 Å². The van der Waals surface area contributed by atoms with Gasteiger partial charge in [0.25, 0.3) is 0 Å². The van der Waals surface area contributed by atoms with Crippen LogP contribution in [0.25, 0.3) is 33.3 Å². The lowest BCUT2D eigenvalue weighted by molar-refractivity contribution is 0.198. The molecule has 0 saturated carbocycles. The van der Waals surface area contributed by atoms with E-state index in [1.54, 1.807) is 60.4 Å². The Morgan fingerprint density at radius 2 is 1.70 bits per heavy atom. The van der Waals surface area contributed by atoms with Crippen LogP contribution in [0, 0.1) is 0 Å². The Hall–Kier alpha value is -4.60. The minimum absolute atomic E-state index is 0.494. The van der Waals surface area contributed by atoms with Gasteiger partial charge < -0.3 is 15.2 Å². The summed E-state index contributed by atoms with van der Waals surface area (Å²) in [6.45, 7) is 0. The van der Waals surface area contributed by atoms with Gasteiger partial charge in [-0.1, -0.05) is 6.07 Å². The lowest BCUT2D eigenvalue weighted by atomic mass is 10.1. The fourth-order valence-electron chi connectivity index (χ4n) is 3.82. The van der Waals surface area contributed by atoms with Crippen LogP contribution in [-0.4, -0.2) is 47.4 Å². The number of nitrogens with zero attached hydrogens (tertiary/aromatic N) is 6. The molecule has 0 atom stereocenters. The number of ether oxygens (including phenoxy) is 1. The van der Waals surface area contributed by atoms with Gasteiger partial charge in [-0.25, -0.2) is 14.3 Å². The van der Waals surface area contributed by atoms with E-state index >= 15 is 0 Å². The third-order valence-electron chi connectivity index (χ3n) is 5.38. The van der Waals surface area contributed by atoms with Crippen molar-refractivity contribution in [1.82, 2.24) is 29.1 Å². The average molecular weight is 443 g/mol. The first-order valence-electron chi connectivity index (χ1n) is 10.1. The van der Waals surface area contributed by atoms with E-state index in [1.807, 2.05) is 31.4 Å². The van der Waals surface area contributed by atoms with Crippen molar-refractivity contribution in [3.8, 4) is 28.1 Å². The number of aryl methyl sites for hydroxylation is 2. The van der Waals surface area contributed by atoms with Crippen LogP contribution in [0.1, 0.15) is 0 Å². The molecular weight excluding hydrogens is 422 g/mol. The van der Waals surface area contributed by atoms with Crippen molar-refractivity contribution < 1.29 is 14.6 Å². The molecule has 33 heavy (non-hydrogen) atoms. The van der Waals surface area contributed by atoms with E-state index in [2.05, 4.69) is 20.5 Å². The van der Waals surface area contributed by atoms with Crippen molar-refractivity contribution >= 4 is 28.5 Å². The Morgan fingerprint density at radius 1 is 0.970 bits per heavy atom. The third-order valence-corrected chi connectivity index (χ3v) is 5.38. The summed E-state index contributed by atoms with van der Waals surface area (Å²) in [5.41, 5.74) is 4.41. The van der Waals surface area contributed by atoms with Crippen LogP contribution < -0.4 is 10.1 Å². The molecule has 5 aromatic rings. The van der Waals surface area contributed by atoms with Crippen LogP contribution in [0.4, 0.5) is 16.3 Å². The zero-order chi connectivity index (χ0) is 23.1. The highest BCUT2D eigenvalue weighted by atomic mass is 16.5. The Balaban J connectivity index is 1.53. The number of anilines is 2. The number of nitrogens with one attached hydrogen (secondary N) is 1. The molecule has 0 fully saturated rings. The first-order chi connectivity index (χ1) is 15.9. The quantitative estimate of drug-likeness (QED) is 0.420. The minimum atomic E-state index is -1.08. The summed E-state index contributed by atoms with van der Waals surface area (Å²) in [7, 11) is 5.25. The second-order valence-electron chi connectivity index (χ2n) is 7.62. The molecule has 10 heteroatoms. The molecule has 166 valence electrons. The van der Waals surface area contributed by atoms with Gasteiger partial charge >= 0.3 is 6.09 Å². The summed E-state index contributed by atoms with van der Waals surface area (Å²) >= 11 is 0. The number of methoxy groups -OCH3 is 1. The molecule has 0 radical (unpaired) electrons. The Morgan fingerprint density at radius 3 is 2.33 bits per heavy atom. The molecular formula is C23H21N7O3. The van der Waals surface area contributed by atoms with E-state index in [0.29, 0.717) is 39.4 Å². The second kappa shape index (κ2) is 7.83. The van der Waals surface area contributed by atoms with E-state index in [0.717, 1.165) is 11.1 Å². The highest BCUT2D eigenvalue weighted by Crippen LogP contribution is 2.34. The van der Waals surface area contributed by atoms with Crippen molar-refractivity contribution in [3.63, 3.8) is 0 Å². The molecule has 0 spiro atoms. The van der Waals surface area contributed by atoms with Crippen LogP contribution in [-0.2, 0) is 14.1 Å². The topological polar surface area (TPSA) is 112 Å². The van der Waals surface area contributed by atoms with Crippen LogP contribution in [0.3, 0.4) is 0 Å². The molecule has 0 saturated heterocycles. The molecule has 0 bridgehead atoms. The summed E-state index contributed by atoms with van der Waals surface area (Å²) in [5, 5.41) is 22.2. The minimum Gasteiger partial charge on any atom is -0.495 e. The average Bonchev–Trinajstić information content (AvgIpc) is 3.51. The summed E-state index contributed by atoms with van der Waals surface area (Å²) in [4.78, 5) is 16.6. The zero-order valence-electron chi connectivity index (χ0n) is 18.2. The van der Waals surface area contributed by atoms with Crippen LogP contribution in [0.2, 0.25) is 0 Å². The molecule has 0 unspecified atom stereocenters. The van der Waals surface area contributed by atoms with Crippen LogP contribution >= 0.6 is 0 Å². The number of pyridine rings is 1. The van der Waals surface area contributed by atoms with Gasteiger partial charge in [-0.2, -0.15) is 10.2 Å². The van der Waals surface area contributed by atoms with Gasteiger partial charge in [0.2, 0.25) is 0 Å². The standard InChI is InChI=1S/C23H21N7O3/c1-28-12-16(10-25-28)14-4-5-18(21(7-14)33-3)27-22-8-20-15(9-24-22)6-19(30(20)23(31)32)17-11-26-29(2)13-17/h4-13H,1-3H3,(H,24,27)(H,31,32). The molecule has 1 aromatic carbocycles. The van der Waals surface area contributed by atoms with Gasteiger partial charge in [-0.05, 0) is 23.8 Å². The number of carboxylic acid groups (broad SMARTS) is 1. The Bertz CT molecular complexity index is 1500. The normalized spacial score (nSPS) is 11.1. The number of fused-ring (bicyclic) bond motifs is 1. The molecule has 0 aliphatic carbocycles. The van der Waals surface area contributed by atoms with Crippen molar-refractivity contribution in [2.24, 2.45) is 14.1 Å². The molecule has 0 amide bonds. The second-order valence-corrected chi connectivity index (χ2v) is 7.62. The maximum atomic E-state index is 12.1. The summed E-state index contributed by atoms with van der Waals surface area (Å²) < 4.78 is 10.2. The number of carbonyl (C=O) groups is 1. The van der Waals surface area contributed by atoms with E-state index in [4.69, 9.17) is 4.74 Å². The van der Waals surface area contributed by atoms with Gasteiger partial charge in [0, 0.05) is 55.3 Å². The summed E-state index contributed by atoms with van der Waals surface area (Å²) in [6.07, 6.45) is 7.69. The van der Waals surface area contributed by atoms with E-state index in [1.165, 1.54) is 4.57 Å². The molecule has 0 aliphatic rings.